The molecule has 4 rings (SSSR count). The molecule has 1 unspecified atom stereocenters. The van der Waals surface area contributed by atoms with Gasteiger partial charge in [0.05, 0.1) is 6.04 Å². The van der Waals surface area contributed by atoms with Gasteiger partial charge in [-0.3, -0.25) is 9.59 Å². The predicted octanol–water partition coefficient (Wildman–Crippen LogP) is 5.44. The van der Waals surface area contributed by atoms with Crippen LogP contribution in [0.15, 0.2) is 72.1 Å². The third-order valence-corrected chi connectivity index (χ3v) is 7.17. The average molecular weight is 477 g/mol. The molecule has 2 aromatic carbocycles. The number of carbonyl (C=O) groups excluding carboxylic acids is 2. The summed E-state index contributed by atoms with van der Waals surface area (Å²) in [7, 11) is 0. The second-order valence-electron chi connectivity index (χ2n) is 9.05. The molecule has 0 radical (unpaired) electrons. The SMILES string of the molecule is CC(C)CCN(CC(=O)N1CCc2sccc2C1COc1ccccc1)C(=O)c1ccccc1. The van der Waals surface area contributed by atoms with Crippen molar-refractivity contribution < 1.29 is 14.3 Å². The smallest absolute Gasteiger partial charge is 0.254 e. The predicted molar refractivity (Wildman–Crippen MR) is 136 cm³/mol. The summed E-state index contributed by atoms with van der Waals surface area (Å²) in [5, 5.41) is 2.09. The number of fused-ring (bicyclic) bond motifs is 1. The lowest BCUT2D eigenvalue weighted by atomic mass is 10.00. The number of amides is 2. The van der Waals surface area contributed by atoms with Gasteiger partial charge < -0.3 is 14.5 Å². The summed E-state index contributed by atoms with van der Waals surface area (Å²) in [5.41, 5.74) is 1.77. The largest absolute Gasteiger partial charge is 0.491 e. The number of ether oxygens (including phenoxy) is 1. The van der Waals surface area contributed by atoms with Crippen LogP contribution in [-0.2, 0) is 11.2 Å². The van der Waals surface area contributed by atoms with Crippen LogP contribution < -0.4 is 4.74 Å². The van der Waals surface area contributed by atoms with Crippen molar-refractivity contribution >= 4 is 23.2 Å². The van der Waals surface area contributed by atoms with Crippen molar-refractivity contribution in [2.75, 3.05) is 26.2 Å². The molecule has 1 aliphatic rings. The van der Waals surface area contributed by atoms with Crippen molar-refractivity contribution in [1.29, 1.82) is 0 Å². The molecule has 3 aromatic rings. The monoisotopic (exact) mass is 476 g/mol. The third kappa shape index (κ3) is 5.86. The molecule has 0 aliphatic carbocycles. The van der Waals surface area contributed by atoms with Gasteiger partial charge in [0.25, 0.3) is 5.91 Å². The fraction of sp³-hybridized carbons (Fsp3) is 0.357. The summed E-state index contributed by atoms with van der Waals surface area (Å²) in [4.78, 5) is 31.8. The molecule has 0 bridgehead atoms. The normalized spacial score (nSPS) is 15.1. The number of hydrogen-bond acceptors (Lipinski definition) is 4. The summed E-state index contributed by atoms with van der Waals surface area (Å²) in [5.74, 6) is 1.10. The summed E-state index contributed by atoms with van der Waals surface area (Å²) >= 11 is 1.73. The van der Waals surface area contributed by atoms with Crippen LogP contribution in [0, 0.1) is 5.92 Å². The van der Waals surface area contributed by atoms with Gasteiger partial charge in [0.15, 0.2) is 0 Å². The van der Waals surface area contributed by atoms with Crippen LogP contribution in [0.3, 0.4) is 0 Å². The Kier molecular flexibility index (Phi) is 8.01. The minimum Gasteiger partial charge on any atom is -0.491 e. The van der Waals surface area contributed by atoms with Gasteiger partial charge in [0, 0.05) is 23.5 Å². The maximum Gasteiger partial charge on any atom is 0.254 e. The fourth-order valence-electron chi connectivity index (χ4n) is 4.25. The molecule has 2 heterocycles. The Labute approximate surface area is 206 Å². The van der Waals surface area contributed by atoms with E-state index < -0.39 is 0 Å². The lowest BCUT2D eigenvalue weighted by Crippen LogP contribution is -2.48. The third-order valence-electron chi connectivity index (χ3n) is 6.18. The molecule has 1 atom stereocenters. The molecule has 34 heavy (non-hydrogen) atoms. The van der Waals surface area contributed by atoms with Gasteiger partial charge in [-0.25, -0.2) is 0 Å². The highest BCUT2D eigenvalue weighted by Gasteiger charge is 2.33. The molecule has 178 valence electrons. The number of benzene rings is 2. The van der Waals surface area contributed by atoms with E-state index in [0.717, 1.165) is 24.2 Å². The molecule has 5 nitrogen and oxygen atoms in total. The molecule has 0 fully saturated rings. The molecule has 0 N–H and O–H groups in total. The lowest BCUT2D eigenvalue weighted by Gasteiger charge is -2.37. The van der Waals surface area contributed by atoms with E-state index >= 15 is 0 Å². The summed E-state index contributed by atoms with van der Waals surface area (Å²) < 4.78 is 6.08. The molecule has 0 spiro atoms. The van der Waals surface area contributed by atoms with E-state index in [0.29, 0.717) is 31.2 Å². The van der Waals surface area contributed by atoms with Gasteiger partial charge in [0.1, 0.15) is 18.9 Å². The van der Waals surface area contributed by atoms with Gasteiger partial charge in [0.2, 0.25) is 5.91 Å². The van der Waals surface area contributed by atoms with Crippen LogP contribution >= 0.6 is 11.3 Å². The molecule has 0 saturated carbocycles. The first-order valence-electron chi connectivity index (χ1n) is 11.9. The van der Waals surface area contributed by atoms with Crippen molar-refractivity contribution in [3.05, 3.63) is 88.1 Å². The first kappa shape index (κ1) is 24.0. The number of rotatable bonds is 9. The minimum atomic E-state index is -0.165. The van der Waals surface area contributed by atoms with Crippen molar-refractivity contribution in [3.8, 4) is 5.75 Å². The quantitative estimate of drug-likeness (QED) is 0.413. The van der Waals surface area contributed by atoms with E-state index in [1.807, 2.05) is 65.6 Å². The van der Waals surface area contributed by atoms with Crippen LogP contribution in [0.25, 0.3) is 0 Å². The highest BCUT2D eigenvalue weighted by molar-refractivity contribution is 7.10. The van der Waals surface area contributed by atoms with Crippen LogP contribution in [-0.4, -0.2) is 47.9 Å². The average Bonchev–Trinajstić information content (AvgIpc) is 3.35. The van der Waals surface area contributed by atoms with Crippen molar-refractivity contribution in [2.24, 2.45) is 5.92 Å². The Morgan fingerprint density at radius 1 is 1.06 bits per heavy atom. The fourth-order valence-corrected chi connectivity index (χ4v) is 5.18. The van der Waals surface area contributed by atoms with E-state index in [2.05, 4.69) is 25.3 Å². The maximum absolute atomic E-state index is 13.6. The topological polar surface area (TPSA) is 49.9 Å². The van der Waals surface area contributed by atoms with Gasteiger partial charge >= 0.3 is 0 Å². The highest BCUT2D eigenvalue weighted by Crippen LogP contribution is 2.34. The molecule has 0 saturated heterocycles. The van der Waals surface area contributed by atoms with E-state index in [1.165, 1.54) is 4.88 Å². The minimum absolute atomic E-state index is 0.0356. The van der Waals surface area contributed by atoms with Crippen LogP contribution in [0.1, 0.15) is 47.1 Å². The first-order chi connectivity index (χ1) is 16.5. The Hall–Kier alpha value is -3.12. The molecular weight excluding hydrogens is 444 g/mol. The van der Waals surface area contributed by atoms with Gasteiger partial charge in [-0.1, -0.05) is 50.2 Å². The van der Waals surface area contributed by atoms with E-state index in [9.17, 15) is 9.59 Å². The van der Waals surface area contributed by atoms with Gasteiger partial charge in [-0.2, -0.15) is 0 Å². The second-order valence-corrected chi connectivity index (χ2v) is 10.1. The zero-order valence-electron chi connectivity index (χ0n) is 19.9. The van der Waals surface area contributed by atoms with Crippen molar-refractivity contribution in [3.63, 3.8) is 0 Å². The van der Waals surface area contributed by atoms with E-state index in [1.54, 1.807) is 16.2 Å². The standard InChI is InChI=1S/C28H32N2O3S/c1-21(2)13-16-29(28(32)22-9-5-3-6-10-22)19-27(31)30-17-14-26-24(15-18-34-26)25(30)20-33-23-11-7-4-8-12-23/h3-12,15,18,21,25H,13-14,16-17,19-20H2,1-2H3. The Balaban J connectivity index is 1.52. The van der Waals surface area contributed by atoms with Crippen molar-refractivity contribution in [1.82, 2.24) is 9.80 Å². The summed E-state index contributed by atoms with van der Waals surface area (Å²) in [6, 6.07) is 20.9. The van der Waals surface area contributed by atoms with Gasteiger partial charge in [-0.05, 0) is 60.0 Å². The maximum atomic E-state index is 13.6. The second kappa shape index (κ2) is 11.3. The number of hydrogen-bond donors (Lipinski definition) is 0. The number of para-hydroxylation sites is 1. The van der Waals surface area contributed by atoms with E-state index in [-0.39, 0.29) is 24.4 Å². The Morgan fingerprint density at radius 2 is 1.76 bits per heavy atom. The Morgan fingerprint density at radius 3 is 2.47 bits per heavy atom. The number of nitrogens with zero attached hydrogens (tertiary/aromatic N) is 2. The highest BCUT2D eigenvalue weighted by atomic mass is 32.1. The number of carbonyl (C=O) groups is 2. The zero-order chi connectivity index (χ0) is 23.9. The van der Waals surface area contributed by atoms with Crippen molar-refractivity contribution in [2.45, 2.75) is 32.7 Å². The van der Waals surface area contributed by atoms with Gasteiger partial charge in [-0.15, -0.1) is 11.3 Å². The molecule has 2 amide bonds. The summed E-state index contributed by atoms with van der Waals surface area (Å²) in [6.07, 6.45) is 1.68. The molecule has 6 heteroatoms. The van der Waals surface area contributed by atoms with Crippen LogP contribution in [0.4, 0.5) is 0 Å². The van der Waals surface area contributed by atoms with Crippen LogP contribution in [0.2, 0.25) is 0 Å². The molecular formula is C28H32N2O3S. The molecule has 1 aromatic heterocycles. The summed E-state index contributed by atoms with van der Waals surface area (Å²) in [6.45, 7) is 5.91. The zero-order valence-corrected chi connectivity index (χ0v) is 20.7. The molecule has 1 aliphatic heterocycles. The lowest BCUT2D eigenvalue weighted by molar-refractivity contribution is -0.135. The number of thiophene rings is 1. The van der Waals surface area contributed by atoms with Crippen LogP contribution in [0.5, 0.6) is 5.75 Å². The first-order valence-corrected chi connectivity index (χ1v) is 12.8. The van der Waals surface area contributed by atoms with E-state index in [4.69, 9.17) is 4.74 Å². The Bertz CT molecular complexity index is 1080.